The van der Waals surface area contributed by atoms with Gasteiger partial charge < -0.3 is 65.1 Å². The summed E-state index contributed by atoms with van der Waals surface area (Å²) >= 11 is 0. The molecule has 2 rings (SSSR count). The molecule has 0 spiro atoms. The molecule has 2 aliphatic heterocycles. The molecule has 2 saturated heterocycles. The fourth-order valence-corrected chi connectivity index (χ4v) is 8.35. The molecule has 14 heteroatoms. The van der Waals surface area contributed by atoms with Gasteiger partial charge in [0.1, 0.15) is 48.8 Å². The highest BCUT2D eigenvalue weighted by molar-refractivity contribution is 5.76. The number of rotatable bonds is 43. The van der Waals surface area contributed by atoms with Crippen molar-refractivity contribution in [2.24, 2.45) is 0 Å². The van der Waals surface area contributed by atoms with Crippen LogP contribution in [-0.4, -0.2) is 140 Å². The molecule has 440 valence electrons. The second-order valence-electron chi connectivity index (χ2n) is 19.7. The summed E-state index contributed by atoms with van der Waals surface area (Å²) in [5.41, 5.74) is 0. The zero-order valence-corrected chi connectivity index (χ0v) is 47.1. The van der Waals surface area contributed by atoms with Crippen LogP contribution in [0.5, 0.6) is 0 Å². The second-order valence-corrected chi connectivity index (χ2v) is 19.7. The van der Waals surface area contributed by atoms with Gasteiger partial charge in [0.25, 0.3) is 0 Å². The Balaban J connectivity index is 1.64. The van der Waals surface area contributed by atoms with Crippen molar-refractivity contribution in [1.29, 1.82) is 0 Å². The van der Waals surface area contributed by atoms with Crippen LogP contribution in [0, 0.1) is 0 Å². The molecule has 9 N–H and O–H groups in total. The van der Waals surface area contributed by atoms with E-state index in [9.17, 15) is 45.6 Å². The number of hydrogen-bond donors (Lipinski definition) is 9. The van der Waals surface area contributed by atoms with E-state index in [0.29, 0.717) is 6.42 Å². The Bertz CT molecular complexity index is 1860. The number of aliphatic hydroxyl groups excluding tert-OH is 8. The molecule has 2 aliphatic rings. The minimum atomic E-state index is -1.80. The van der Waals surface area contributed by atoms with E-state index in [2.05, 4.69) is 153 Å². The predicted octanol–water partition coefficient (Wildman–Crippen LogP) is 9.77. The third-order valence-electron chi connectivity index (χ3n) is 13.0. The van der Waals surface area contributed by atoms with Crippen molar-refractivity contribution in [2.75, 3.05) is 19.8 Å². The summed E-state index contributed by atoms with van der Waals surface area (Å²) in [7, 11) is 0. The number of unbranched alkanes of at least 4 members (excludes halogenated alkanes) is 8. The number of nitrogens with one attached hydrogen (secondary N) is 1. The molecule has 1 amide bonds. The lowest BCUT2D eigenvalue weighted by Gasteiger charge is -2.46. The van der Waals surface area contributed by atoms with Crippen LogP contribution in [-0.2, 0) is 23.7 Å². The molecule has 0 aromatic carbocycles. The number of hydrogen-bond acceptors (Lipinski definition) is 13. The van der Waals surface area contributed by atoms with Crippen molar-refractivity contribution in [2.45, 2.75) is 229 Å². The number of allylic oxidation sites excluding steroid dienone is 23. The number of carbonyl (C=O) groups is 1. The Morgan fingerprint density at radius 1 is 0.474 bits per heavy atom. The minimum absolute atomic E-state index is 0.230. The van der Waals surface area contributed by atoms with Crippen LogP contribution < -0.4 is 5.32 Å². The van der Waals surface area contributed by atoms with Crippen molar-refractivity contribution in [3.63, 3.8) is 0 Å². The summed E-state index contributed by atoms with van der Waals surface area (Å²) in [6.45, 7) is 2.54. The Morgan fingerprint density at radius 3 is 1.35 bits per heavy atom. The van der Waals surface area contributed by atoms with E-state index in [4.69, 9.17) is 18.9 Å². The predicted molar refractivity (Wildman–Crippen MR) is 313 cm³/mol. The van der Waals surface area contributed by atoms with Gasteiger partial charge in [0, 0.05) is 6.42 Å². The van der Waals surface area contributed by atoms with Gasteiger partial charge in [0.2, 0.25) is 5.91 Å². The van der Waals surface area contributed by atoms with Gasteiger partial charge in [-0.3, -0.25) is 4.79 Å². The zero-order valence-electron chi connectivity index (χ0n) is 47.1. The summed E-state index contributed by atoms with van der Waals surface area (Å²) in [6.07, 6.45) is 55.1. The van der Waals surface area contributed by atoms with Crippen LogP contribution in [0.3, 0.4) is 0 Å². The lowest BCUT2D eigenvalue weighted by Crippen LogP contribution is -2.65. The first kappa shape index (κ1) is 70.0. The van der Waals surface area contributed by atoms with Crippen LogP contribution in [0.4, 0.5) is 0 Å². The summed E-state index contributed by atoms with van der Waals surface area (Å²) < 4.78 is 22.6. The first-order valence-electron chi connectivity index (χ1n) is 29.1. The van der Waals surface area contributed by atoms with Gasteiger partial charge in [-0.2, -0.15) is 0 Å². The van der Waals surface area contributed by atoms with Gasteiger partial charge in [0.15, 0.2) is 12.6 Å². The molecule has 2 heterocycles. The fraction of sp³-hybridized carbons (Fsp3) is 0.609. The van der Waals surface area contributed by atoms with Crippen LogP contribution in [0.25, 0.3) is 0 Å². The Kier molecular flexibility index (Phi) is 42.8. The number of aliphatic hydroxyl groups is 8. The quantitative estimate of drug-likeness (QED) is 0.0205. The third kappa shape index (κ3) is 32.8. The fourth-order valence-electron chi connectivity index (χ4n) is 8.35. The van der Waals surface area contributed by atoms with Crippen molar-refractivity contribution in [3.8, 4) is 0 Å². The summed E-state index contributed by atoms with van der Waals surface area (Å²) in [5, 5.41) is 86.5. The standard InChI is InChI=1S/C64H101NO13/c1-3-5-7-9-11-12-13-14-15-16-17-18-19-20-21-22-23-24-25-26-27-28-29-30-31-32-33-34-35-36-37-38-39-40-42-44-46-48-56(69)65-52(53(68)47-45-43-41-10-8-6-4-2)51-75-63-61(74)59(72)62(55(50-67)77-63)78-64-60(73)58(71)57(70)54(49-66)76-64/h5,7,11-12,14-15,17-18,20-21,23-24,26-27,29-30,32-33,35-36,38-39,45,47,52-55,57-64,66-68,70-74H,3-4,6,8-10,13,16,19,22,25,28,31,34,37,40-44,46,48-51H2,1-2H3,(H,65,69)/b7-5-,12-11-,15-14-,18-17-,21-20-,24-23-,27-26-,30-29-,33-32-,36-35-,39-38-,47-45+. The van der Waals surface area contributed by atoms with Crippen molar-refractivity contribution in [3.05, 3.63) is 146 Å². The molecule has 0 saturated carbocycles. The van der Waals surface area contributed by atoms with Crippen molar-refractivity contribution >= 4 is 5.91 Å². The first-order chi connectivity index (χ1) is 38.1. The van der Waals surface area contributed by atoms with Crippen LogP contribution in [0.15, 0.2) is 146 Å². The molecule has 0 aliphatic carbocycles. The third-order valence-corrected chi connectivity index (χ3v) is 13.0. The van der Waals surface area contributed by atoms with E-state index in [-0.39, 0.29) is 18.9 Å². The topological polar surface area (TPSA) is 228 Å². The van der Waals surface area contributed by atoms with E-state index < -0.39 is 86.8 Å². The average molecular weight is 1090 g/mol. The highest BCUT2D eigenvalue weighted by atomic mass is 16.7. The smallest absolute Gasteiger partial charge is 0.220 e. The van der Waals surface area contributed by atoms with E-state index in [0.717, 1.165) is 122 Å². The largest absolute Gasteiger partial charge is 0.394 e. The molecule has 12 unspecified atom stereocenters. The first-order valence-corrected chi connectivity index (χ1v) is 29.1. The van der Waals surface area contributed by atoms with Crippen LogP contribution in [0.1, 0.15) is 155 Å². The molecule has 14 nitrogen and oxygen atoms in total. The highest BCUT2D eigenvalue weighted by Gasteiger charge is 2.51. The van der Waals surface area contributed by atoms with E-state index in [1.165, 1.54) is 6.42 Å². The molecule has 0 aromatic rings. The van der Waals surface area contributed by atoms with Gasteiger partial charge in [-0.25, -0.2) is 0 Å². The Labute approximate surface area is 468 Å². The average Bonchev–Trinajstić information content (AvgIpc) is 3.47. The molecule has 0 bridgehead atoms. The Hall–Kier alpha value is -4.13. The molecule has 0 aromatic heterocycles. The lowest BCUT2D eigenvalue weighted by atomic mass is 9.97. The number of amides is 1. The summed E-state index contributed by atoms with van der Waals surface area (Å²) in [6, 6.07) is -0.940. The van der Waals surface area contributed by atoms with E-state index in [1.807, 2.05) is 6.08 Å². The van der Waals surface area contributed by atoms with Gasteiger partial charge >= 0.3 is 0 Å². The van der Waals surface area contributed by atoms with Gasteiger partial charge in [0.05, 0.1) is 32.0 Å². The maximum absolute atomic E-state index is 13.1. The van der Waals surface area contributed by atoms with Gasteiger partial charge in [-0.05, 0) is 103 Å². The van der Waals surface area contributed by atoms with Gasteiger partial charge in [-0.1, -0.05) is 192 Å². The monoisotopic (exact) mass is 1090 g/mol. The minimum Gasteiger partial charge on any atom is -0.394 e. The molecular weight excluding hydrogens is 991 g/mol. The SMILES string of the molecule is CC/C=C\C/C=C\C/C=C\C/C=C\C/C=C\C/C=C\C/C=C\C/C=C\C/C=C\C/C=C\C/C=C\CCCCCC(=O)NC(COC1OC(CO)C(OC2OC(CO)C(O)C(O)C2O)C(O)C1O)C(O)/C=C/CCCCCCC. The van der Waals surface area contributed by atoms with Crippen molar-refractivity contribution in [1.82, 2.24) is 5.32 Å². The highest BCUT2D eigenvalue weighted by Crippen LogP contribution is 2.30. The molecular formula is C64H101NO13. The van der Waals surface area contributed by atoms with Crippen LogP contribution >= 0.6 is 0 Å². The van der Waals surface area contributed by atoms with Crippen molar-refractivity contribution < 1.29 is 64.6 Å². The summed E-state index contributed by atoms with van der Waals surface area (Å²) in [4.78, 5) is 13.1. The second kappa shape index (κ2) is 47.7. The molecule has 12 atom stereocenters. The van der Waals surface area contributed by atoms with Gasteiger partial charge in [-0.15, -0.1) is 0 Å². The number of carbonyl (C=O) groups excluding carboxylic acids is 1. The van der Waals surface area contributed by atoms with E-state index in [1.54, 1.807) is 6.08 Å². The normalized spacial score (nSPS) is 25.7. The molecule has 78 heavy (non-hydrogen) atoms. The summed E-state index contributed by atoms with van der Waals surface area (Å²) in [5.74, 6) is -0.284. The maximum atomic E-state index is 13.1. The van der Waals surface area contributed by atoms with Crippen LogP contribution in [0.2, 0.25) is 0 Å². The molecule has 2 fully saturated rings. The zero-order chi connectivity index (χ0) is 56.7. The van der Waals surface area contributed by atoms with E-state index >= 15 is 0 Å². The maximum Gasteiger partial charge on any atom is 0.220 e. The Morgan fingerprint density at radius 2 is 0.885 bits per heavy atom. The lowest BCUT2D eigenvalue weighted by molar-refractivity contribution is -0.359. The molecule has 0 radical (unpaired) electrons. The number of ether oxygens (including phenoxy) is 4.